The van der Waals surface area contributed by atoms with Crippen LogP contribution in [0.25, 0.3) is 0 Å². The molecule has 0 spiro atoms. The number of hydrogen-bond acceptors (Lipinski definition) is 6. The fraction of sp³-hybridized carbons (Fsp3) is 0.278. The maximum absolute atomic E-state index is 13.8. The molecule has 240 valence electrons. The summed E-state index contributed by atoms with van der Waals surface area (Å²) in [7, 11) is 2.00. The Morgan fingerprint density at radius 3 is 2.39 bits per heavy atom. The van der Waals surface area contributed by atoms with E-state index in [1.807, 2.05) is 68.6 Å². The lowest BCUT2D eigenvalue weighted by atomic mass is 9.99. The van der Waals surface area contributed by atoms with Crippen molar-refractivity contribution in [2.24, 2.45) is 5.92 Å². The molecule has 0 bridgehead atoms. The van der Waals surface area contributed by atoms with Crippen LogP contribution >= 0.6 is 0 Å². The number of para-hydroxylation sites is 2. The molecule has 0 saturated carbocycles. The Morgan fingerprint density at radius 1 is 1.00 bits per heavy atom. The molecule has 1 heterocycles. The first-order valence-electron chi connectivity index (χ1n) is 15.3. The van der Waals surface area contributed by atoms with Crippen molar-refractivity contribution in [1.29, 1.82) is 0 Å². The molecule has 1 aliphatic heterocycles. The minimum absolute atomic E-state index is 0.115. The Kier molecular flexibility index (Phi) is 10.5. The number of aliphatic hydroxyl groups excluding tert-OH is 1. The second kappa shape index (κ2) is 14.9. The predicted octanol–water partition coefficient (Wildman–Crippen LogP) is 6.61. The van der Waals surface area contributed by atoms with Crippen LogP contribution in [0.15, 0.2) is 97.1 Å². The van der Waals surface area contributed by atoms with Gasteiger partial charge in [0.05, 0.1) is 23.9 Å². The number of urea groups is 1. The Bertz CT molecular complexity index is 1620. The number of nitrogens with zero attached hydrogens (tertiary/aromatic N) is 2. The summed E-state index contributed by atoms with van der Waals surface area (Å²) in [6.07, 6.45) is -0.367. The number of carbonyl (C=O) groups is 2. The summed E-state index contributed by atoms with van der Waals surface area (Å²) in [4.78, 5) is 30.5. The van der Waals surface area contributed by atoms with E-state index in [9.17, 15) is 19.1 Å². The van der Waals surface area contributed by atoms with E-state index in [1.165, 1.54) is 24.3 Å². The van der Waals surface area contributed by atoms with Gasteiger partial charge in [0.1, 0.15) is 23.4 Å². The van der Waals surface area contributed by atoms with Gasteiger partial charge >= 0.3 is 6.03 Å². The van der Waals surface area contributed by atoms with Gasteiger partial charge < -0.3 is 30.1 Å². The zero-order valence-electron chi connectivity index (χ0n) is 26.2. The van der Waals surface area contributed by atoms with Crippen LogP contribution in [0.5, 0.6) is 17.2 Å². The van der Waals surface area contributed by atoms with Crippen molar-refractivity contribution in [3.63, 3.8) is 0 Å². The molecule has 10 heteroatoms. The Labute approximate surface area is 268 Å². The quantitative estimate of drug-likeness (QED) is 0.183. The Hall–Kier alpha value is -4.93. The van der Waals surface area contributed by atoms with Crippen LogP contribution in [-0.4, -0.2) is 65.7 Å². The van der Waals surface area contributed by atoms with Gasteiger partial charge in [0.2, 0.25) is 0 Å². The van der Waals surface area contributed by atoms with Crippen molar-refractivity contribution in [1.82, 2.24) is 9.80 Å². The number of aliphatic hydroxyl groups is 1. The van der Waals surface area contributed by atoms with Crippen molar-refractivity contribution in [3.05, 3.63) is 114 Å². The van der Waals surface area contributed by atoms with Gasteiger partial charge in [-0.15, -0.1) is 0 Å². The lowest BCUT2D eigenvalue weighted by Crippen LogP contribution is -2.49. The topological polar surface area (TPSA) is 103 Å². The van der Waals surface area contributed by atoms with E-state index in [0.29, 0.717) is 31.0 Å². The summed E-state index contributed by atoms with van der Waals surface area (Å²) in [5, 5.41) is 15.5. The highest BCUT2D eigenvalue weighted by atomic mass is 19.1. The average molecular weight is 627 g/mol. The highest BCUT2D eigenvalue weighted by Crippen LogP contribution is 2.35. The zero-order valence-corrected chi connectivity index (χ0v) is 26.2. The molecule has 9 nitrogen and oxygen atoms in total. The molecule has 4 aromatic carbocycles. The maximum Gasteiger partial charge on any atom is 0.323 e. The highest BCUT2D eigenvalue weighted by Gasteiger charge is 2.34. The number of nitrogens with one attached hydrogen (secondary N) is 2. The van der Waals surface area contributed by atoms with Crippen LogP contribution in [0.3, 0.4) is 0 Å². The number of benzene rings is 4. The molecule has 46 heavy (non-hydrogen) atoms. The van der Waals surface area contributed by atoms with E-state index in [2.05, 4.69) is 15.5 Å². The third-order valence-corrected chi connectivity index (χ3v) is 7.89. The van der Waals surface area contributed by atoms with Gasteiger partial charge in [-0.2, -0.15) is 0 Å². The lowest BCUT2D eigenvalue weighted by molar-refractivity contribution is 0.0343. The van der Waals surface area contributed by atoms with E-state index in [1.54, 1.807) is 30.0 Å². The van der Waals surface area contributed by atoms with Gasteiger partial charge in [-0.05, 0) is 80.2 Å². The number of amides is 3. The van der Waals surface area contributed by atoms with Crippen LogP contribution in [0.4, 0.5) is 20.6 Å². The number of hydrogen-bond donors (Lipinski definition) is 3. The summed E-state index contributed by atoms with van der Waals surface area (Å²) in [5.41, 5.74) is 2.10. The molecular weight excluding hydrogens is 587 g/mol. The van der Waals surface area contributed by atoms with Gasteiger partial charge in [0, 0.05) is 31.2 Å². The number of ether oxygens (including phenoxy) is 2. The molecule has 0 aliphatic carbocycles. The monoisotopic (exact) mass is 626 g/mol. The first-order chi connectivity index (χ1) is 22.2. The lowest BCUT2D eigenvalue weighted by Gasteiger charge is -2.38. The van der Waals surface area contributed by atoms with Crippen molar-refractivity contribution in [2.75, 3.05) is 37.4 Å². The third-order valence-electron chi connectivity index (χ3n) is 7.89. The smallest absolute Gasteiger partial charge is 0.323 e. The van der Waals surface area contributed by atoms with E-state index in [-0.39, 0.29) is 35.8 Å². The van der Waals surface area contributed by atoms with E-state index < -0.39 is 17.9 Å². The minimum atomic E-state index is -0.569. The fourth-order valence-electron chi connectivity index (χ4n) is 5.35. The largest absolute Gasteiger partial charge is 0.486 e. The fourth-order valence-corrected chi connectivity index (χ4v) is 5.35. The summed E-state index contributed by atoms with van der Waals surface area (Å²) in [5.74, 6) is 0.949. The summed E-state index contributed by atoms with van der Waals surface area (Å²) in [6.45, 7) is 5.17. The molecule has 4 aromatic rings. The third kappa shape index (κ3) is 8.21. The van der Waals surface area contributed by atoms with Crippen LogP contribution in [0.2, 0.25) is 0 Å². The number of fused-ring (bicyclic) bond motifs is 1. The van der Waals surface area contributed by atoms with E-state index in [0.717, 1.165) is 17.1 Å². The molecule has 3 amide bonds. The van der Waals surface area contributed by atoms with Crippen LogP contribution in [0.1, 0.15) is 29.8 Å². The normalized spacial score (nSPS) is 16.9. The van der Waals surface area contributed by atoms with Gasteiger partial charge in [0.25, 0.3) is 5.91 Å². The van der Waals surface area contributed by atoms with Crippen molar-refractivity contribution in [2.45, 2.75) is 32.5 Å². The molecule has 0 aromatic heterocycles. The first-order valence-corrected chi connectivity index (χ1v) is 15.3. The summed E-state index contributed by atoms with van der Waals surface area (Å²) >= 11 is 0. The highest BCUT2D eigenvalue weighted by molar-refractivity contribution is 6.04. The maximum atomic E-state index is 13.8. The van der Waals surface area contributed by atoms with Crippen LogP contribution in [-0.2, 0) is 6.54 Å². The average Bonchev–Trinajstić information content (AvgIpc) is 3.05. The molecule has 0 saturated heterocycles. The number of anilines is 2. The number of rotatable bonds is 10. The molecule has 5 rings (SSSR count). The molecule has 0 radical (unpaired) electrons. The second-order valence-electron chi connectivity index (χ2n) is 11.6. The Morgan fingerprint density at radius 2 is 1.70 bits per heavy atom. The zero-order chi connectivity index (χ0) is 32.6. The number of halogens is 1. The van der Waals surface area contributed by atoms with Crippen molar-refractivity contribution < 1.29 is 28.6 Å². The second-order valence-corrected chi connectivity index (χ2v) is 11.6. The molecule has 1 aliphatic rings. The number of carbonyl (C=O) groups excluding carboxylic acids is 2. The van der Waals surface area contributed by atoms with E-state index in [4.69, 9.17) is 9.47 Å². The van der Waals surface area contributed by atoms with Gasteiger partial charge in [-0.3, -0.25) is 9.69 Å². The molecule has 3 N–H and O–H groups in total. The number of likely N-dealkylation sites (N-methyl/N-ethyl adjacent to an activating group) is 1. The predicted molar refractivity (Wildman–Crippen MR) is 176 cm³/mol. The van der Waals surface area contributed by atoms with E-state index >= 15 is 0 Å². The molecule has 0 fully saturated rings. The minimum Gasteiger partial charge on any atom is -0.486 e. The SMILES string of the molecule is C[C@H]1CN([C@@H](C)CO)C(=O)c2cccc(NC(=O)Nc3ccc(F)cc3)c2O[C@H]1CN(C)Cc1ccc(Oc2ccccc2)cc1. The van der Waals surface area contributed by atoms with Gasteiger partial charge in [-0.25, -0.2) is 9.18 Å². The van der Waals surface area contributed by atoms with Gasteiger partial charge in [0.15, 0.2) is 5.75 Å². The standard InChI is InChI=1S/C36H39FN4O5/c1-24-20-41(25(2)23-42)35(43)31-10-7-11-32(39-36(44)38-28-16-14-27(37)15-17-28)34(31)46-33(24)22-40(3)21-26-12-18-30(19-13-26)45-29-8-5-4-6-9-29/h4-19,24-25,33,42H,20-23H2,1-3H3,(H2,38,39,44)/t24-,25-,33-/m0/s1. The first kappa shape index (κ1) is 32.5. The Balaban J connectivity index is 1.34. The summed E-state index contributed by atoms with van der Waals surface area (Å²) in [6, 6.07) is 27.0. The molecule has 0 unspecified atom stereocenters. The van der Waals surface area contributed by atoms with Gasteiger partial charge in [-0.1, -0.05) is 43.3 Å². The molecule has 3 atom stereocenters. The van der Waals surface area contributed by atoms with Crippen molar-refractivity contribution in [3.8, 4) is 17.2 Å². The van der Waals surface area contributed by atoms with Crippen LogP contribution < -0.4 is 20.1 Å². The summed E-state index contributed by atoms with van der Waals surface area (Å²) < 4.78 is 25.9. The van der Waals surface area contributed by atoms with Crippen molar-refractivity contribution >= 4 is 23.3 Å². The van der Waals surface area contributed by atoms with Crippen LogP contribution in [0, 0.1) is 11.7 Å². The molecular formula is C36H39FN4O5.